The van der Waals surface area contributed by atoms with Crippen LogP contribution in [0.3, 0.4) is 0 Å². The van der Waals surface area contributed by atoms with Gasteiger partial charge in [-0.1, -0.05) is 25.1 Å². The van der Waals surface area contributed by atoms with E-state index in [9.17, 15) is 4.79 Å². The molecule has 1 unspecified atom stereocenters. The van der Waals surface area contributed by atoms with Gasteiger partial charge in [-0.2, -0.15) is 5.10 Å². The maximum atomic E-state index is 13.0. The number of benzene rings is 1. The van der Waals surface area contributed by atoms with E-state index in [0.29, 0.717) is 24.0 Å². The summed E-state index contributed by atoms with van der Waals surface area (Å²) in [6.07, 6.45) is 3.72. The van der Waals surface area contributed by atoms with Gasteiger partial charge in [-0.05, 0) is 44.5 Å². The van der Waals surface area contributed by atoms with Crippen LogP contribution in [0.4, 0.5) is 0 Å². The van der Waals surface area contributed by atoms with E-state index in [1.54, 1.807) is 10.9 Å². The molecule has 1 N–H and O–H groups in total. The van der Waals surface area contributed by atoms with Crippen molar-refractivity contribution in [3.63, 3.8) is 0 Å². The van der Waals surface area contributed by atoms with E-state index in [0.717, 1.165) is 38.2 Å². The maximum absolute atomic E-state index is 13.0. The van der Waals surface area contributed by atoms with Gasteiger partial charge in [-0.15, -0.1) is 0 Å². The number of aromatic nitrogens is 2. The first kappa shape index (κ1) is 17.5. The lowest BCUT2D eigenvalue weighted by Gasteiger charge is -2.16. The van der Waals surface area contributed by atoms with Crippen molar-refractivity contribution in [1.82, 2.24) is 20.0 Å². The van der Waals surface area contributed by atoms with Crippen molar-refractivity contribution >= 4 is 5.91 Å². The molecule has 1 amide bonds. The second kappa shape index (κ2) is 8.16. The van der Waals surface area contributed by atoms with Crippen molar-refractivity contribution < 1.29 is 9.53 Å². The van der Waals surface area contributed by atoms with Crippen molar-refractivity contribution in [3.8, 4) is 11.4 Å². The molecule has 1 aliphatic rings. The Hall–Kier alpha value is -2.34. The zero-order chi connectivity index (χ0) is 17.6. The monoisotopic (exact) mass is 342 g/mol. The summed E-state index contributed by atoms with van der Waals surface area (Å²) in [5, 5.41) is 7.73. The van der Waals surface area contributed by atoms with E-state index in [4.69, 9.17) is 4.74 Å². The number of carbonyl (C=O) groups excluding carboxylic acids is 1. The molecule has 3 rings (SSSR count). The molecule has 0 saturated carbocycles. The largest absolute Gasteiger partial charge is 0.489 e. The first-order chi connectivity index (χ1) is 12.2. The van der Waals surface area contributed by atoms with Gasteiger partial charge in [-0.3, -0.25) is 4.79 Å². The Kier molecular flexibility index (Phi) is 5.71. The highest BCUT2D eigenvalue weighted by Crippen LogP contribution is 2.24. The summed E-state index contributed by atoms with van der Waals surface area (Å²) < 4.78 is 7.52. The number of hydrogen-bond donors (Lipinski definition) is 1. The first-order valence-electron chi connectivity index (χ1n) is 8.94. The lowest BCUT2D eigenvalue weighted by atomic mass is 10.1. The summed E-state index contributed by atoms with van der Waals surface area (Å²) in [6.45, 7) is 5.10. The molecule has 6 nitrogen and oxygen atoms in total. The molecule has 134 valence electrons. The molecule has 1 saturated heterocycles. The maximum Gasteiger partial charge on any atom is 0.278 e. The Morgan fingerprint density at radius 2 is 2.16 bits per heavy atom. The Labute approximate surface area is 148 Å². The molecule has 6 heteroatoms. The fourth-order valence-corrected chi connectivity index (χ4v) is 3.16. The fourth-order valence-electron chi connectivity index (χ4n) is 3.16. The number of amides is 1. The summed E-state index contributed by atoms with van der Waals surface area (Å²) in [4.78, 5) is 14.9. The van der Waals surface area contributed by atoms with Crippen LogP contribution in [-0.2, 0) is 0 Å². The molecule has 0 bridgehead atoms. The van der Waals surface area contributed by atoms with Crippen LogP contribution in [0, 0.1) is 5.92 Å². The molecule has 0 aliphatic carbocycles. The van der Waals surface area contributed by atoms with E-state index >= 15 is 0 Å². The molecule has 1 atom stereocenters. The number of hydrogen-bond acceptors (Lipinski definition) is 4. The predicted octanol–water partition coefficient (Wildman–Crippen LogP) is 2.34. The van der Waals surface area contributed by atoms with Crippen LogP contribution in [0.2, 0.25) is 0 Å². The Balaban J connectivity index is 1.83. The number of ether oxygens (including phenoxy) is 1. The summed E-state index contributed by atoms with van der Waals surface area (Å²) in [5.74, 6) is 1.03. The standard InChI is InChI=1S/C19H26N4O2/c1-3-11-25-17-14-23(16-7-5-4-6-8-16)21-18(17)19(24)22-10-9-15(13-22)12-20-2/h4-8,14-15,20H,3,9-13H2,1-2H3. The zero-order valence-electron chi connectivity index (χ0n) is 14.9. The van der Waals surface area contributed by atoms with E-state index in [1.165, 1.54) is 0 Å². The first-order valence-corrected chi connectivity index (χ1v) is 8.94. The van der Waals surface area contributed by atoms with Crippen molar-refractivity contribution in [2.75, 3.05) is 33.3 Å². The molecule has 1 aliphatic heterocycles. The van der Waals surface area contributed by atoms with Gasteiger partial charge in [0.25, 0.3) is 5.91 Å². The van der Waals surface area contributed by atoms with E-state index in [-0.39, 0.29) is 5.91 Å². The second-order valence-electron chi connectivity index (χ2n) is 6.43. The number of para-hydroxylation sites is 1. The fraction of sp³-hybridized carbons (Fsp3) is 0.474. The lowest BCUT2D eigenvalue weighted by Crippen LogP contribution is -2.31. The van der Waals surface area contributed by atoms with Crippen LogP contribution < -0.4 is 10.1 Å². The molecular formula is C19H26N4O2. The average molecular weight is 342 g/mol. The molecule has 1 fully saturated rings. The molecule has 1 aromatic carbocycles. The summed E-state index contributed by atoms with van der Waals surface area (Å²) >= 11 is 0. The van der Waals surface area contributed by atoms with Crippen LogP contribution in [-0.4, -0.2) is 53.9 Å². The van der Waals surface area contributed by atoms with Crippen LogP contribution >= 0.6 is 0 Å². The third kappa shape index (κ3) is 4.02. The normalized spacial score (nSPS) is 17.0. The van der Waals surface area contributed by atoms with Crippen molar-refractivity contribution in [1.29, 1.82) is 0 Å². The van der Waals surface area contributed by atoms with Gasteiger partial charge in [0.2, 0.25) is 0 Å². The van der Waals surface area contributed by atoms with Crippen molar-refractivity contribution in [2.24, 2.45) is 5.92 Å². The second-order valence-corrected chi connectivity index (χ2v) is 6.43. The van der Waals surface area contributed by atoms with Gasteiger partial charge in [0.15, 0.2) is 11.4 Å². The number of likely N-dealkylation sites (tertiary alicyclic amines) is 1. The minimum atomic E-state index is -0.0422. The van der Waals surface area contributed by atoms with Gasteiger partial charge >= 0.3 is 0 Å². The van der Waals surface area contributed by atoms with Crippen LogP contribution in [0.5, 0.6) is 5.75 Å². The van der Waals surface area contributed by atoms with E-state index < -0.39 is 0 Å². The number of nitrogens with one attached hydrogen (secondary N) is 1. The van der Waals surface area contributed by atoms with Gasteiger partial charge < -0.3 is 15.0 Å². The summed E-state index contributed by atoms with van der Waals surface area (Å²) in [6, 6.07) is 9.79. The highest BCUT2D eigenvalue weighted by Gasteiger charge is 2.30. The van der Waals surface area contributed by atoms with E-state index in [1.807, 2.05) is 49.2 Å². The van der Waals surface area contributed by atoms with Crippen LogP contribution in [0.1, 0.15) is 30.3 Å². The smallest absolute Gasteiger partial charge is 0.278 e. The number of carbonyl (C=O) groups is 1. The third-order valence-electron chi connectivity index (χ3n) is 4.43. The van der Waals surface area contributed by atoms with Crippen LogP contribution in [0.15, 0.2) is 36.5 Å². The minimum absolute atomic E-state index is 0.0422. The summed E-state index contributed by atoms with van der Waals surface area (Å²) in [7, 11) is 1.95. The van der Waals surface area contributed by atoms with Crippen molar-refractivity contribution in [3.05, 3.63) is 42.2 Å². The molecule has 2 aromatic rings. The third-order valence-corrected chi connectivity index (χ3v) is 4.43. The van der Waals surface area contributed by atoms with Gasteiger partial charge in [0.1, 0.15) is 0 Å². The topological polar surface area (TPSA) is 59.4 Å². The van der Waals surface area contributed by atoms with Crippen molar-refractivity contribution in [2.45, 2.75) is 19.8 Å². The quantitative estimate of drug-likeness (QED) is 0.839. The minimum Gasteiger partial charge on any atom is -0.489 e. The molecule has 0 spiro atoms. The molecule has 2 heterocycles. The van der Waals surface area contributed by atoms with E-state index in [2.05, 4.69) is 10.4 Å². The van der Waals surface area contributed by atoms with Gasteiger partial charge in [0.05, 0.1) is 18.5 Å². The molecule has 0 radical (unpaired) electrons. The number of nitrogens with zero attached hydrogens (tertiary/aromatic N) is 3. The highest BCUT2D eigenvalue weighted by atomic mass is 16.5. The van der Waals surface area contributed by atoms with Crippen LogP contribution in [0.25, 0.3) is 5.69 Å². The SMILES string of the molecule is CCCOc1cn(-c2ccccc2)nc1C(=O)N1CCC(CNC)C1. The summed E-state index contributed by atoms with van der Waals surface area (Å²) in [5.41, 5.74) is 1.32. The van der Waals surface area contributed by atoms with Gasteiger partial charge in [-0.25, -0.2) is 4.68 Å². The Bertz CT molecular complexity index is 699. The Morgan fingerprint density at radius 3 is 2.88 bits per heavy atom. The number of rotatable bonds is 7. The molecular weight excluding hydrogens is 316 g/mol. The Morgan fingerprint density at radius 1 is 1.36 bits per heavy atom. The van der Waals surface area contributed by atoms with Gasteiger partial charge in [0, 0.05) is 13.1 Å². The highest BCUT2D eigenvalue weighted by molar-refractivity contribution is 5.95. The molecule has 25 heavy (non-hydrogen) atoms. The zero-order valence-corrected chi connectivity index (χ0v) is 14.9. The molecule has 1 aromatic heterocycles. The predicted molar refractivity (Wildman–Crippen MR) is 97.3 cm³/mol. The average Bonchev–Trinajstić information content (AvgIpc) is 3.28. The lowest BCUT2D eigenvalue weighted by molar-refractivity contribution is 0.0776.